The Morgan fingerprint density at radius 1 is 1.00 bits per heavy atom. The normalized spacial score (nSPS) is 16.7. The lowest BCUT2D eigenvalue weighted by molar-refractivity contribution is -0.157. The topological polar surface area (TPSA) is 46.6 Å². The van der Waals surface area contributed by atoms with Crippen molar-refractivity contribution in [2.45, 2.75) is 38.6 Å². The van der Waals surface area contributed by atoms with Crippen molar-refractivity contribution < 1.29 is 14.3 Å². The number of nitrogens with zero attached hydrogens (tertiary/aromatic N) is 1. The molecule has 4 nitrogen and oxygen atoms in total. The summed E-state index contributed by atoms with van der Waals surface area (Å²) < 4.78 is 5.54. The van der Waals surface area contributed by atoms with Crippen LogP contribution in [0.25, 0.3) is 0 Å². The van der Waals surface area contributed by atoms with Gasteiger partial charge in [0.2, 0.25) is 0 Å². The molecule has 0 amide bonds. The maximum Gasteiger partial charge on any atom is 0.330 e. The lowest BCUT2D eigenvalue weighted by Gasteiger charge is -2.37. The molecule has 0 bridgehead atoms. The lowest BCUT2D eigenvalue weighted by Crippen LogP contribution is -2.49. The molecule has 1 heterocycles. The van der Waals surface area contributed by atoms with Gasteiger partial charge in [-0.2, -0.15) is 0 Å². The molecule has 1 aliphatic heterocycles. The molecule has 0 saturated carbocycles. The van der Waals surface area contributed by atoms with Crippen molar-refractivity contribution in [1.29, 1.82) is 0 Å². The Balaban J connectivity index is 1.97. The molecule has 1 unspecified atom stereocenters. The molecular weight excluding hydrogens is 338 g/mol. The molecule has 0 radical (unpaired) electrons. The standard InChI is InChI=1S/C23H27NO3/c1-3-16-27-22(26)23(2,24-14-7-8-15-24)20-13-9-12-19(17-20)21(25)18-10-5-4-6-11-18/h4-6,9-13,17H,3,7-8,14-16H2,1-2H3. The number of rotatable bonds is 7. The third-order valence-electron chi connectivity index (χ3n) is 5.30. The van der Waals surface area contributed by atoms with Crippen molar-refractivity contribution >= 4 is 11.8 Å². The van der Waals surface area contributed by atoms with Gasteiger partial charge in [-0.05, 0) is 50.9 Å². The summed E-state index contributed by atoms with van der Waals surface area (Å²) in [5, 5.41) is 0. The minimum Gasteiger partial charge on any atom is -0.464 e. The van der Waals surface area contributed by atoms with Crippen molar-refractivity contribution in [1.82, 2.24) is 4.90 Å². The van der Waals surface area contributed by atoms with Gasteiger partial charge in [0.25, 0.3) is 0 Å². The van der Waals surface area contributed by atoms with E-state index in [4.69, 9.17) is 4.74 Å². The molecule has 0 aromatic heterocycles. The molecule has 3 rings (SSSR count). The first-order valence-corrected chi connectivity index (χ1v) is 9.70. The monoisotopic (exact) mass is 365 g/mol. The maximum atomic E-state index is 13.0. The number of carbonyl (C=O) groups excluding carboxylic acids is 2. The zero-order valence-electron chi connectivity index (χ0n) is 16.1. The first kappa shape index (κ1) is 19.3. The second-order valence-electron chi connectivity index (χ2n) is 7.18. The Morgan fingerprint density at radius 3 is 2.33 bits per heavy atom. The van der Waals surface area contributed by atoms with Gasteiger partial charge in [0.1, 0.15) is 5.54 Å². The Morgan fingerprint density at radius 2 is 1.67 bits per heavy atom. The second kappa shape index (κ2) is 8.49. The minimum absolute atomic E-state index is 0.0388. The molecule has 1 atom stereocenters. The van der Waals surface area contributed by atoms with Crippen LogP contribution in [0.15, 0.2) is 54.6 Å². The average molecular weight is 365 g/mol. The van der Waals surface area contributed by atoms with Crippen molar-refractivity contribution in [3.63, 3.8) is 0 Å². The van der Waals surface area contributed by atoms with Crippen LogP contribution < -0.4 is 0 Å². The molecule has 27 heavy (non-hydrogen) atoms. The average Bonchev–Trinajstić information content (AvgIpc) is 3.27. The van der Waals surface area contributed by atoms with E-state index in [0.29, 0.717) is 17.7 Å². The molecule has 1 fully saturated rings. The predicted octanol–water partition coefficient (Wildman–Crippen LogP) is 4.18. The van der Waals surface area contributed by atoms with Gasteiger partial charge in [0.05, 0.1) is 6.61 Å². The highest BCUT2D eigenvalue weighted by Crippen LogP contribution is 2.34. The van der Waals surface area contributed by atoms with Crippen LogP contribution in [-0.4, -0.2) is 36.3 Å². The molecule has 1 aliphatic rings. The summed E-state index contributed by atoms with van der Waals surface area (Å²) in [6.07, 6.45) is 2.92. The number of ether oxygens (including phenoxy) is 1. The van der Waals surface area contributed by atoms with Crippen LogP contribution in [0.4, 0.5) is 0 Å². The number of carbonyl (C=O) groups is 2. The van der Waals surface area contributed by atoms with Gasteiger partial charge < -0.3 is 4.74 Å². The third kappa shape index (κ3) is 3.96. The molecule has 0 N–H and O–H groups in total. The zero-order valence-corrected chi connectivity index (χ0v) is 16.1. The van der Waals surface area contributed by atoms with Gasteiger partial charge in [-0.15, -0.1) is 0 Å². The summed E-state index contributed by atoms with van der Waals surface area (Å²) in [7, 11) is 0. The Labute approximate surface area is 161 Å². The number of ketones is 1. The van der Waals surface area contributed by atoms with Gasteiger partial charge in [-0.25, -0.2) is 4.79 Å². The van der Waals surface area contributed by atoms with Gasteiger partial charge in [-0.1, -0.05) is 55.5 Å². The number of likely N-dealkylation sites (tertiary alicyclic amines) is 1. The van der Waals surface area contributed by atoms with E-state index >= 15 is 0 Å². The van der Waals surface area contributed by atoms with Gasteiger partial charge in [0, 0.05) is 11.1 Å². The number of hydrogen-bond donors (Lipinski definition) is 0. The number of esters is 1. The van der Waals surface area contributed by atoms with Crippen LogP contribution >= 0.6 is 0 Å². The summed E-state index contributed by atoms with van der Waals surface area (Å²) in [6.45, 7) is 6.02. The first-order valence-electron chi connectivity index (χ1n) is 9.70. The van der Waals surface area contributed by atoms with Crippen LogP contribution in [0, 0.1) is 0 Å². The van der Waals surface area contributed by atoms with Gasteiger partial charge >= 0.3 is 5.97 Å². The molecule has 142 valence electrons. The highest BCUT2D eigenvalue weighted by Gasteiger charge is 2.43. The Hall–Kier alpha value is -2.46. The van der Waals surface area contributed by atoms with Crippen LogP contribution in [-0.2, 0) is 15.1 Å². The van der Waals surface area contributed by atoms with Gasteiger partial charge in [-0.3, -0.25) is 9.69 Å². The highest BCUT2D eigenvalue weighted by atomic mass is 16.5. The minimum atomic E-state index is -0.876. The molecule has 4 heteroatoms. The summed E-state index contributed by atoms with van der Waals surface area (Å²) in [5.41, 5.74) is 1.17. The number of hydrogen-bond acceptors (Lipinski definition) is 4. The molecule has 2 aromatic carbocycles. The first-order chi connectivity index (χ1) is 13.1. The van der Waals surface area contributed by atoms with E-state index in [2.05, 4.69) is 4.90 Å². The Bertz CT molecular complexity index is 796. The van der Waals surface area contributed by atoms with E-state index in [9.17, 15) is 9.59 Å². The van der Waals surface area contributed by atoms with Crippen molar-refractivity contribution in [2.75, 3.05) is 19.7 Å². The predicted molar refractivity (Wildman–Crippen MR) is 106 cm³/mol. The van der Waals surface area contributed by atoms with E-state index in [0.717, 1.165) is 37.9 Å². The van der Waals surface area contributed by atoms with E-state index in [1.165, 1.54) is 0 Å². The summed E-state index contributed by atoms with van der Waals surface area (Å²) >= 11 is 0. The molecule has 0 aliphatic carbocycles. The fraction of sp³-hybridized carbons (Fsp3) is 0.391. The fourth-order valence-corrected chi connectivity index (χ4v) is 3.65. The fourth-order valence-electron chi connectivity index (χ4n) is 3.65. The molecule has 2 aromatic rings. The summed E-state index contributed by atoms with van der Waals surface area (Å²) in [5.74, 6) is -0.279. The van der Waals surface area contributed by atoms with E-state index in [-0.39, 0.29) is 11.8 Å². The van der Waals surface area contributed by atoms with Gasteiger partial charge in [0.15, 0.2) is 5.78 Å². The molecular formula is C23H27NO3. The summed E-state index contributed by atoms with van der Waals surface area (Å²) in [6, 6.07) is 16.7. The largest absolute Gasteiger partial charge is 0.464 e. The van der Waals surface area contributed by atoms with Crippen LogP contribution in [0.2, 0.25) is 0 Å². The molecule has 0 spiro atoms. The third-order valence-corrected chi connectivity index (χ3v) is 5.30. The molecule has 1 saturated heterocycles. The van der Waals surface area contributed by atoms with Crippen LogP contribution in [0.3, 0.4) is 0 Å². The van der Waals surface area contributed by atoms with Crippen LogP contribution in [0.5, 0.6) is 0 Å². The zero-order chi connectivity index (χ0) is 19.3. The van der Waals surface area contributed by atoms with Crippen molar-refractivity contribution in [3.05, 3.63) is 71.3 Å². The van der Waals surface area contributed by atoms with E-state index < -0.39 is 5.54 Å². The maximum absolute atomic E-state index is 13.0. The SMILES string of the molecule is CCCOC(=O)C(C)(c1cccc(C(=O)c2ccccc2)c1)N1CCCC1. The van der Waals surface area contributed by atoms with Crippen molar-refractivity contribution in [2.24, 2.45) is 0 Å². The lowest BCUT2D eigenvalue weighted by atomic mass is 9.88. The van der Waals surface area contributed by atoms with E-state index in [1.54, 1.807) is 6.07 Å². The summed E-state index contributed by atoms with van der Waals surface area (Å²) in [4.78, 5) is 28.1. The highest BCUT2D eigenvalue weighted by molar-refractivity contribution is 6.09. The van der Waals surface area contributed by atoms with Crippen LogP contribution in [0.1, 0.15) is 54.6 Å². The Kier molecular flexibility index (Phi) is 6.07. The smallest absolute Gasteiger partial charge is 0.330 e. The number of benzene rings is 2. The van der Waals surface area contributed by atoms with E-state index in [1.807, 2.05) is 62.4 Å². The quantitative estimate of drug-likeness (QED) is 0.545. The second-order valence-corrected chi connectivity index (χ2v) is 7.18. The van der Waals surface area contributed by atoms with Crippen molar-refractivity contribution in [3.8, 4) is 0 Å².